The third-order valence-electron chi connectivity index (χ3n) is 4.81. The van der Waals surface area contributed by atoms with Crippen molar-refractivity contribution in [1.82, 2.24) is 0 Å². The molecule has 5 heteroatoms. The van der Waals surface area contributed by atoms with E-state index < -0.39 is 11.5 Å². The Morgan fingerprint density at radius 1 is 1.00 bits per heavy atom. The monoisotopic (exact) mass is 411 g/mol. The number of anilines is 1. The maximum atomic E-state index is 12.7. The molecule has 5 nitrogen and oxygen atoms in total. The Morgan fingerprint density at radius 3 is 2.52 bits per heavy atom. The van der Waals surface area contributed by atoms with Gasteiger partial charge in [0.25, 0.3) is 5.91 Å². The summed E-state index contributed by atoms with van der Waals surface area (Å²) in [7, 11) is 0. The fourth-order valence-corrected chi connectivity index (χ4v) is 3.25. The van der Waals surface area contributed by atoms with Gasteiger partial charge in [0, 0.05) is 11.1 Å². The standard InChI is InChI=1S/C26H21NO4/c1-2-7-19-10-6-11-20-16-23(26(29)31-24(19)20)25(28)27-21-12-14-22(15-13-21)30-17-18-8-4-3-5-9-18/h2-6,8-16H,1,7,17H2,(H,27,28). The van der Waals surface area contributed by atoms with E-state index in [0.29, 0.717) is 35.4 Å². The summed E-state index contributed by atoms with van der Waals surface area (Å²) in [6.07, 6.45) is 2.31. The smallest absolute Gasteiger partial charge is 0.349 e. The number of fused-ring (bicyclic) bond motifs is 1. The Morgan fingerprint density at radius 2 is 1.77 bits per heavy atom. The second kappa shape index (κ2) is 9.13. The van der Waals surface area contributed by atoms with Gasteiger partial charge in [-0.1, -0.05) is 54.6 Å². The van der Waals surface area contributed by atoms with E-state index in [9.17, 15) is 9.59 Å². The summed E-state index contributed by atoms with van der Waals surface area (Å²) in [4.78, 5) is 25.1. The molecular weight excluding hydrogens is 390 g/mol. The maximum Gasteiger partial charge on any atom is 0.349 e. The molecular formula is C26H21NO4. The molecule has 3 aromatic carbocycles. The van der Waals surface area contributed by atoms with Gasteiger partial charge in [0.15, 0.2) is 0 Å². The molecule has 0 bridgehead atoms. The number of benzene rings is 3. The lowest BCUT2D eigenvalue weighted by atomic mass is 10.1. The number of amides is 1. The molecule has 1 heterocycles. The average molecular weight is 411 g/mol. The van der Waals surface area contributed by atoms with Crippen LogP contribution in [0.3, 0.4) is 0 Å². The molecule has 1 aromatic heterocycles. The molecule has 154 valence electrons. The van der Waals surface area contributed by atoms with Crippen molar-refractivity contribution in [3.8, 4) is 5.75 Å². The molecule has 0 saturated heterocycles. The van der Waals surface area contributed by atoms with Crippen molar-refractivity contribution in [3.63, 3.8) is 0 Å². The third-order valence-corrected chi connectivity index (χ3v) is 4.81. The number of nitrogens with one attached hydrogen (secondary N) is 1. The Labute approximate surface area is 179 Å². The van der Waals surface area contributed by atoms with E-state index in [1.807, 2.05) is 42.5 Å². The molecule has 0 aliphatic heterocycles. The zero-order valence-corrected chi connectivity index (χ0v) is 16.8. The van der Waals surface area contributed by atoms with E-state index in [-0.39, 0.29) is 5.56 Å². The lowest BCUT2D eigenvalue weighted by Crippen LogP contribution is -2.20. The van der Waals surface area contributed by atoms with Crippen LogP contribution < -0.4 is 15.7 Å². The molecule has 0 saturated carbocycles. The quantitative estimate of drug-likeness (QED) is 0.329. The topological polar surface area (TPSA) is 68.5 Å². The Bertz CT molecular complexity index is 1270. The predicted octanol–water partition coefficient (Wildman–Crippen LogP) is 5.35. The van der Waals surface area contributed by atoms with Crippen molar-refractivity contribution in [2.45, 2.75) is 13.0 Å². The molecule has 0 spiro atoms. The van der Waals surface area contributed by atoms with Crippen molar-refractivity contribution in [1.29, 1.82) is 0 Å². The zero-order chi connectivity index (χ0) is 21.6. The summed E-state index contributed by atoms with van der Waals surface area (Å²) in [6.45, 7) is 4.17. The SMILES string of the molecule is C=CCc1cccc2cc(C(=O)Nc3ccc(OCc4ccccc4)cc3)c(=O)oc12. The van der Waals surface area contributed by atoms with Crippen LogP contribution in [0, 0.1) is 0 Å². The highest BCUT2D eigenvalue weighted by Crippen LogP contribution is 2.21. The molecule has 0 fully saturated rings. The first-order valence-electron chi connectivity index (χ1n) is 9.89. The van der Waals surface area contributed by atoms with E-state index in [2.05, 4.69) is 11.9 Å². The van der Waals surface area contributed by atoms with Crippen molar-refractivity contribution in [2.75, 3.05) is 5.32 Å². The number of rotatable bonds is 7. The molecule has 4 rings (SSSR count). The Hall–Kier alpha value is -4.12. The summed E-state index contributed by atoms with van der Waals surface area (Å²) < 4.78 is 11.2. The Balaban J connectivity index is 1.47. The molecule has 0 atom stereocenters. The average Bonchev–Trinajstić information content (AvgIpc) is 2.79. The highest BCUT2D eigenvalue weighted by molar-refractivity contribution is 6.05. The van der Waals surface area contributed by atoms with Crippen molar-refractivity contribution in [3.05, 3.63) is 119 Å². The lowest BCUT2D eigenvalue weighted by molar-refractivity contribution is 0.102. The minimum Gasteiger partial charge on any atom is -0.489 e. The second-order valence-corrected chi connectivity index (χ2v) is 7.03. The van der Waals surface area contributed by atoms with Gasteiger partial charge in [-0.2, -0.15) is 0 Å². The van der Waals surface area contributed by atoms with Crippen molar-refractivity contribution in [2.24, 2.45) is 0 Å². The van der Waals surface area contributed by atoms with Gasteiger partial charge in [-0.25, -0.2) is 4.79 Å². The highest BCUT2D eigenvalue weighted by Gasteiger charge is 2.15. The minimum absolute atomic E-state index is 0.0485. The lowest BCUT2D eigenvalue weighted by Gasteiger charge is -2.09. The van der Waals surface area contributed by atoms with Gasteiger partial charge in [-0.3, -0.25) is 4.79 Å². The summed E-state index contributed by atoms with van der Waals surface area (Å²) in [5.41, 5.74) is 2.22. The molecule has 4 aromatic rings. The Kier molecular flexibility index (Phi) is 5.94. The first kappa shape index (κ1) is 20.2. The van der Waals surface area contributed by atoms with Gasteiger partial charge in [0.2, 0.25) is 0 Å². The van der Waals surface area contributed by atoms with E-state index in [4.69, 9.17) is 9.15 Å². The van der Waals surface area contributed by atoms with Crippen LogP contribution in [0.25, 0.3) is 11.0 Å². The molecule has 0 unspecified atom stereocenters. The maximum absolute atomic E-state index is 12.7. The molecule has 0 radical (unpaired) electrons. The number of hydrogen-bond acceptors (Lipinski definition) is 4. The normalized spacial score (nSPS) is 10.6. The van der Waals surface area contributed by atoms with Crippen LogP contribution in [-0.4, -0.2) is 5.91 Å². The van der Waals surface area contributed by atoms with Crippen molar-refractivity contribution < 1.29 is 13.9 Å². The van der Waals surface area contributed by atoms with E-state index in [0.717, 1.165) is 11.1 Å². The van der Waals surface area contributed by atoms with Gasteiger partial charge >= 0.3 is 5.63 Å². The largest absolute Gasteiger partial charge is 0.489 e. The minimum atomic E-state index is -0.677. The van der Waals surface area contributed by atoms with Crippen LogP contribution in [0.5, 0.6) is 5.75 Å². The number of carbonyl (C=O) groups is 1. The number of allylic oxidation sites excluding steroid dienone is 1. The van der Waals surface area contributed by atoms with Gasteiger partial charge in [0.1, 0.15) is 23.5 Å². The number of ether oxygens (including phenoxy) is 1. The van der Waals surface area contributed by atoms with Gasteiger partial charge < -0.3 is 14.5 Å². The van der Waals surface area contributed by atoms with E-state index in [1.54, 1.807) is 42.5 Å². The summed E-state index contributed by atoms with van der Waals surface area (Å²) in [5.74, 6) is 0.157. The van der Waals surface area contributed by atoms with Crippen LogP contribution in [0.1, 0.15) is 21.5 Å². The van der Waals surface area contributed by atoms with Crippen LogP contribution in [0.2, 0.25) is 0 Å². The molecule has 1 amide bonds. The fourth-order valence-electron chi connectivity index (χ4n) is 3.25. The molecule has 0 aliphatic carbocycles. The van der Waals surface area contributed by atoms with Gasteiger partial charge in [-0.15, -0.1) is 6.58 Å². The summed E-state index contributed by atoms with van der Waals surface area (Å²) in [6, 6.07) is 23.9. The van der Waals surface area contributed by atoms with Crippen LogP contribution in [-0.2, 0) is 13.0 Å². The number of para-hydroxylation sites is 1. The first-order valence-corrected chi connectivity index (χ1v) is 9.89. The van der Waals surface area contributed by atoms with E-state index >= 15 is 0 Å². The van der Waals surface area contributed by atoms with Crippen LogP contribution >= 0.6 is 0 Å². The third kappa shape index (κ3) is 4.73. The van der Waals surface area contributed by atoms with Crippen molar-refractivity contribution >= 4 is 22.6 Å². The second-order valence-electron chi connectivity index (χ2n) is 7.03. The first-order chi connectivity index (χ1) is 15.1. The summed E-state index contributed by atoms with van der Waals surface area (Å²) in [5, 5.41) is 3.42. The van der Waals surface area contributed by atoms with E-state index in [1.165, 1.54) is 0 Å². The summed E-state index contributed by atoms with van der Waals surface area (Å²) >= 11 is 0. The fraction of sp³-hybridized carbons (Fsp3) is 0.0769. The van der Waals surface area contributed by atoms with Crippen LogP contribution in [0.4, 0.5) is 5.69 Å². The van der Waals surface area contributed by atoms with Crippen LogP contribution in [0.15, 0.2) is 101 Å². The molecule has 0 aliphatic rings. The number of hydrogen-bond donors (Lipinski definition) is 1. The number of carbonyl (C=O) groups excluding carboxylic acids is 1. The highest BCUT2D eigenvalue weighted by atomic mass is 16.5. The predicted molar refractivity (Wildman–Crippen MR) is 122 cm³/mol. The van der Waals surface area contributed by atoms with Gasteiger partial charge in [0.05, 0.1) is 0 Å². The van der Waals surface area contributed by atoms with Gasteiger partial charge in [-0.05, 0) is 47.9 Å². The zero-order valence-electron chi connectivity index (χ0n) is 16.8. The molecule has 1 N–H and O–H groups in total. The molecule has 31 heavy (non-hydrogen) atoms.